The molecule has 0 heterocycles. The Morgan fingerprint density at radius 3 is 2.00 bits per heavy atom. The Morgan fingerprint density at radius 1 is 1.08 bits per heavy atom. The molecule has 140 valence electrons. The monoisotopic (exact) mass is 362 g/mol. The molecule has 0 saturated carbocycles. The van der Waals surface area contributed by atoms with Gasteiger partial charge in [0.15, 0.2) is 0 Å². The summed E-state index contributed by atoms with van der Waals surface area (Å²) in [6.45, 7) is 8.02. The normalized spacial score (nSPS) is 15.8. The molecule has 0 aromatic rings. The summed E-state index contributed by atoms with van der Waals surface area (Å²) >= 11 is 0. The maximum Gasteiger partial charge on any atom is 0.513 e. The first-order valence-electron chi connectivity index (χ1n) is 8.40. The van der Waals surface area contributed by atoms with Crippen LogP contribution in [-0.4, -0.2) is 44.2 Å². The van der Waals surface area contributed by atoms with Crippen LogP contribution in [0.15, 0.2) is 0 Å². The number of hydrogen-bond donors (Lipinski definition) is 3. The van der Waals surface area contributed by atoms with Crippen LogP contribution in [0.4, 0.5) is 0 Å². The maximum absolute atomic E-state index is 12.8. The van der Waals surface area contributed by atoms with Gasteiger partial charge in [0.1, 0.15) is 6.04 Å². The Kier molecular flexibility index (Phi) is 11.0. The Bertz CT molecular complexity index is 430. The first-order chi connectivity index (χ1) is 11.2. The smallest absolute Gasteiger partial charge is 0.357 e. The fourth-order valence-electron chi connectivity index (χ4n) is 2.64. The van der Waals surface area contributed by atoms with Gasteiger partial charge in [0.25, 0.3) is 0 Å². The van der Waals surface area contributed by atoms with Crippen LogP contribution in [0.2, 0.25) is 0 Å². The minimum absolute atomic E-state index is 0.0860. The highest BCUT2D eigenvalue weighted by Crippen LogP contribution is 2.36. The van der Waals surface area contributed by atoms with Crippen molar-refractivity contribution in [2.75, 3.05) is 20.7 Å². The van der Waals surface area contributed by atoms with Gasteiger partial charge in [-0.05, 0) is 29.2 Å². The SMILES string of the molecule is CNC(=O)[C@H](CC(C)C)NC(=O)C(CC(C)C)C(CN)[P+](=O)OC. The van der Waals surface area contributed by atoms with Gasteiger partial charge in [0.2, 0.25) is 17.5 Å². The molecule has 0 aliphatic heterocycles. The zero-order valence-electron chi connectivity index (χ0n) is 15.7. The molecule has 0 rings (SSSR count). The van der Waals surface area contributed by atoms with Gasteiger partial charge in [0, 0.05) is 13.6 Å². The summed E-state index contributed by atoms with van der Waals surface area (Å²) in [6.07, 6.45) is 1.06. The van der Waals surface area contributed by atoms with Gasteiger partial charge in [-0.3, -0.25) is 9.59 Å². The van der Waals surface area contributed by atoms with E-state index in [1.165, 1.54) is 14.2 Å². The number of carbonyl (C=O) groups is 2. The van der Waals surface area contributed by atoms with E-state index in [9.17, 15) is 14.2 Å². The van der Waals surface area contributed by atoms with E-state index in [2.05, 4.69) is 10.6 Å². The molecule has 0 aromatic heterocycles. The zero-order valence-corrected chi connectivity index (χ0v) is 16.6. The summed E-state index contributed by atoms with van der Waals surface area (Å²) < 4.78 is 17.0. The highest BCUT2D eigenvalue weighted by atomic mass is 31.1. The molecule has 7 nitrogen and oxygen atoms in total. The molecule has 24 heavy (non-hydrogen) atoms. The number of nitrogens with one attached hydrogen (secondary N) is 2. The zero-order chi connectivity index (χ0) is 18.9. The minimum atomic E-state index is -2.04. The second kappa shape index (κ2) is 11.5. The van der Waals surface area contributed by atoms with Crippen LogP contribution >= 0.6 is 8.03 Å². The van der Waals surface area contributed by atoms with E-state index in [-0.39, 0.29) is 30.2 Å². The molecular weight excluding hydrogens is 329 g/mol. The van der Waals surface area contributed by atoms with Crippen LogP contribution in [-0.2, 0) is 18.7 Å². The summed E-state index contributed by atoms with van der Waals surface area (Å²) in [5.41, 5.74) is 5.17. The largest absolute Gasteiger partial charge is 0.513 e. The van der Waals surface area contributed by atoms with Crippen LogP contribution in [0.1, 0.15) is 40.5 Å². The van der Waals surface area contributed by atoms with Gasteiger partial charge < -0.3 is 16.4 Å². The third-order valence-corrected chi connectivity index (χ3v) is 5.28. The predicted molar refractivity (Wildman–Crippen MR) is 95.9 cm³/mol. The standard InChI is InChI=1S/C16H32N3O4P/c1-10(2)7-12(14(9-17)24(22)23-6)15(20)19-13(8-11(3)4)16(21)18-5/h10-14H,7-9,17H2,1-6H3,(H-,18,19,20,21)/p+1/t12?,13-,14?/m0/s1. The molecule has 0 aliphatic carbocycles. The van der Waals surface area contributed by atoms with Gasteiger partial charge in [-0.2, -0.15) is 0 Å². The van der Waals surface area contributed by atoms with E-state index >= 15 is 0 Å². The van der Waals surface area contributed by atoms with Gasteiger partial charge in [-0.25, -0.2) is 0 Å². The summed E-state index contributed by atoms with van der Waals surface area (Å²) in [7, 11) is 0.843. The molecule has 3 unspecified atom stereocenters. The lowest BCUT2D eigenvalue weighted by Gasteiger charge is -2.24. The highest BCUT2D eigenvalue weighted by Gasteiger charge is 2.43. The molecule has 0 bridgehead atoms. The third-order valence-electron chi connectivity index (χ3n) is 3.81. The first-order valence-corrected chi connectivity index (χ1v) is 9.64. The van der Waals surface area contributed by atoms with E-state index in [4.69, 9.17) is 10.3 Å². The van der Waals surface area contributed by atoms with E-state index in [1.54, 1.807) is 0 Å². The molecule has 4 N–H and O–H groups in total. The fraction of sp³-hybridized carbons (Fsp3) is 0.875. The lowest BCUT2D eigenvalue weighted by atomic mass is 9.92. The molecule has 0 aromatic carbocycles. The molecule has 0 spiro atoms. The molecule has 0 aliphatic rings. The Morgan fingerprint density at radius 2 is 1.62 bits per heavy atom. The average molecular weight is 362 g/mol. The molecule has 4 atom stereocenters. The Balaban J connectivity index is 5.33. The lowest BCUT2D eigenvalue weighted by Crippen LogP contribution is -2.50. The van der Waals surface area contributed by atoms with Gasteiger partial charge in [-0.15, -0.1) is 4.52 Å². The fourth-order valence-corrected chi connectivity index (χ4v) is 3.63. The number of likely N-dealkylation sites (N-methyl/N-ethyl adjacent to an activating group) is 1. The molecular formula is C16H33N3O4P+. The second-order valence-corrected chi connectivity index (χ2v) is 8.41. The van der Waals surface area contributed by atoms with Crippen LogP contribution < -0.4 is 16.4 Å². The molecule has 0 saturated heterocycles. The number of rotatable bonds is 11. The van der Waals surface area contributed by atoms with E-state index < -0.39 is 25.6 Å². The first kappa shape index (κ1) is 23.0. The Hall–Kier alpha value is -1.04. The average Bonchev–Trinajstić information content (AvgIpc) is 2.51. The topological polar surface area (TPSA) is 111 Å². The van der Waals surface area contributed by atoms with E-state index in [1.807, 2.05) is 27.7 Å². The summed E-state index contributed by atoms with van der Waals surface area (Å²) in [6, 6.07) is -0.615. The molecule has 0 radical (unpaired) electrons. The maximum atomic E-state index is 12.8. The Labute approximate surface area is 146 Å². The summed E-state index contributed by atoms with van der Waals surface area (Å²) in [5, 5.41) is 5.38. The van der Waals surface area contributed by atoms with Crippen LogP contribution in [0, 0.1) is 17.8 Å². The van der Waals surface area contributed by atoms with Crippen molar-refractivity contribution in [3.05, 3.63) is 0 Å². The van der Waals surface area contributed by atoms with Crippen molar-refractivity contribution in [3.63, 3.8) is 0 Å². The van der Waals surface area contributed by atoms with Crippen LogP contribution in [0.25, 0.3) is 0 Å². The second-order valence-electron chi connectivity index (χ2n) is 6.81. The van der Waals surface area contributed by atoms with E-state index in [0.717, 1.165) is 0 Å². The summed E-state index contributed by atoms with van der Waals surface area (Å²) in [4.78, 5) is 24.8. The third kappa shape index (κ3) is 7.69. The quantitative estimate of drug-likeness (QED) is 0.484. The van der Waals surface area contributed by atoms with Gasteiger partial charge in [0.05, 0.1) is 13.0 Å². The molecule has 8 heteroatoms. The van der Waals surface area contributed by atoms with Crippen LogP contribution in [0.5, 0.6) is 0 Å². The number of amides is 2. The van der Waals surface area contributed by atoms with Crippen molar-refractivity contribution >= 4 is 19.8 Å². The van der Waals surface area contributed by atoms with Gasteiger partial charge in [-0.1, -0.05) is 27.7 Å². The predicted octanol–water partition coefficient (Wildman–Crippen LogP) is 1.64. The lowest BCUT2D eigenvalue weighted by molar-refractivity contribution is -0.131. The minimum Gasteiger partial charge on any atom is -0.357 e. The number of carbonyl (C=O) groups excluding carboxylic acids is 2. The molecule has 2 amide bonds. The van der Waals surface area contributed by atoms with Crippen molar-refractivity contribution in [1.82, 2.24) is 10.6 Å². The van der Waals surface area contributed by atoms with Crippen molar-refractivity contribution in [2.45, 2.75) is 52.2 Å². The number of nitrogens with two attached hydrogens (primary N) is 1. The van der Waals surface area contributed by atoms with Gasteiger partial charge >= 0.3 is 8.03 Å². The van der Waals surface area contributed by atoms with Crippen molar-refractivity contribution < 1.29 is 18.7 Å². The van der Waals surface area contributed by atoms with Crippen molar-refractivity contribution in [2.24, 2.45) is 23.5 Å². The van der Waals surface area contributed by atoms with E-state index in [0.29, 0.717) is 12.8 Å². The number of hydrogen-bond acceptors (Lipinski definition) is 5. The van der Waals surface area contributed by atoms with Crippen molar-refractivity contribution in [3.8, 4) is 0 Å². The summed E-state index contributed by atoms with van der Waals surface area (Å²) in [5.74, 6) is -0.622. The van der Waals surface area contributed by atoms with Crippen molar-refractivity contribution in [1.29, 1.82) is 0 Å². The molecule has 0 fully saturated rings. The van der Waals surface area contributed by atoms with Crippen LogP contribution in [0.3, 0.4) is 0 Å². The highest BCUT2D eigenvalue weighted by molar-refractivity contribution is 7.40.